The molecule has 2 aromatic carbocycles. The fourth-order valence-corrected chi connectivity index (χ4v) is 3.57. The quantitative estimate of drug-likeness (QED) is 0.466. The van der Waals surface area contributed by atoms with E-state index in [4.69, 9.17) is 21.8 Å². The molecule has 0 spiro atoms. The van der Waals surface area contributed by atoms with Crippen LogP contribution < -0.4 is 5.73 Å². The van der Waals surface area contributed by atoms with Crippen molar-refractivity contribution in [1.82, 2.24) is 14.5 Å². The van der Waals surface area contributed by atoms with Crippen molar-refractivity contribution in [2.75, 3.05) is 0 Å². The molecular formula is C22H21ClN4O3. The second-order valence-corrected chi connectivity index (χ2v) is 7.68. The van der Waals surface area contributed by atoms with E-state index in [1.165, 1.54) is 6.33 Å². The molecule has 0 saturated heterocycles. The second-order valence-electron chi connectivity index (χ2n) is 7.24. The summed E-state index contributed by atoms with van der Waals surface area (Å²) in [5.41, 5.74) is 8.85. The zero-order chi connectivity index (χ0) is 21.3. The molecule has 8 heteroatoms. The molecular weight excluding hydrogens is 404 g/mol. The van der Waals surface area contributed by atoms with E-state index < -0.39 is 12.0 Å². The van der Waals surface area contributed by atoms with Gasteiger partial charge in [-0.05, 0) is 61.7 Å². The van der Waals surface area contributed by atoms with Crippen LogP contribution in [0.25, 0.3) is 22.6 Å². The highest BCUT2D eigenvalue weighted by Crippen LogP contribution is 2.27. The zero-order valence-corrected chi connectivity index (χ0v) is 17.1. The van der Waals surface area contributed by atoms with Crippen LogP contribution in [0.1, 0.15) is 35.4 Å². The van der Waals surface area contributed by atoms with Crippen molar-refractivity contribution in [2.45, 2.75) is 31.9 Å². The number of aryl methyl sites for hydroxylation is 1. The molecule has 7 nitrogen and oxygen atoms in total. The lowest BCUT2D eigenvalue weighted by Gasteiger charge is -2.21. The van der Waals surface area contributed by atoms with Gasteiger partial charge in [-0.1, -0.05) is 17.7 Å². The van der Waals surface area contributed by atoms with E-state index in [1.54, 1.807) is 29.8 Å². The van der Waals surface area contributed by atoms with E-state index in [-0.39, 0.29) is 11.7 Å². The van der Waals surface area contributed by atoms with Crippen molar-refractivity contribution in [2.24, 2.45) is 5.73 Å². The highest BCUT2D eigenvalue weighted by Gasteiger charge is 2.19. The molecule has 2 atom stereocenters. The Labute approximate surface area is 178 Å². The van der Waals surface area contributed by atoms with E-state index in [1.807, 2.05) is 30.3 Å². The number of carbonyl (C=O) groups is 1. The number of amides is 1. The van der Waals surface area contributed by atoms with Crippen LogP contribution in [0.2, 0.25) is 5.02 Å². The zero-order valence-electron chi connectivity index (χ0n) is 16.3. The number of primary amides is 1. The SMILES string of the molecule is CC(O)C(CCc1ccc2oc(-c3ccc(Cl)cc3)nc2c1)n1cnc(C(N)=O)c1. The number of fused-ring (bicyclic) bond motifs is 1. The minimum atomic E-state index is -0.618. The van der Waals surface area contributed by atoms with Crippen molar-refractivity contribution >= 4 is 28.6 Å². The molecule has 30 heavy (non-hydrogen) atoms. The van der Waals surface area contributed by atoms with Gasteiger partial charge in [-0.25, -0.2) is 9.97 Å². The molecule has 0 aliphatic heterocycles. The van der Waals surface area contributed by atoms with Gasteiger partial charge >= 0.3 is 0 Å². The molecule has 2 aromatic heterocycles. The monoisotopic (exact) mass is 424 g/mol. The maximum absolute atomic E-state index is 11.3. The van der Waals surface area contributed by atoms with Crippen molar-refractivity contribution in [3.63, 3.8) is 0 Å². The van der Waals surface area contributed by atoms with Gasteiger partial charge in [0.1, 0.15) is 11.2 Å². The Morgan fingerprint density at radius 3 is 2.70 bits per heavy atom. The summed E-state index contributed by atoms with van der Waals surface area (Å²) in [6.07, 6.45) is 3.83. The number of aromatic nitrogens is 3. The number of rotatable bonds is 7. The largest absolute Gasteiger partial charge is 0.436 e. The highest BCUT2D eigenvalue weighted by atomic mass is 35.5. The number of aliphatic hydroxyl groups excluding tert-OH is 1. The van der Waals surface area contributed by atoms with E-state index >= 15 is 0 Å². The molecule has 154 valence electrons. The normalized spacial score (nSPS) is 13.4. The van der Waals surface area contributed by atoms with E-state index in [2.05, 4.69) is 9.97 Å². The molecule has 2 unspecified atom stereocenters. The first-order valence-corrected chi connectivity index (χ1v) is 9.95. The number of aliphatic hydroxyl groups is 1. The van der Waals surface area contributed by atoms with Crippen LogP contribution in [0.4, 0.5) is 0 Å². The van der Waals surface area contributed by atoms with Crippen molar-refractivity contribution in [1.29, 1.82) is 0 Å². The van der Waals surface area contributed by atoms with Crippen LogP contribution in [0.3, 0.4) is 0 Å². The first-order chi connectivity index (χ1) is 14.4. The molecule has 0 radical (unpaired) electrons. The summed E-state index contributed by atoms with van der Waals surface area (Å²) in [7, 11) is 0. The molecule has 0 aliphatic carbocycles. The Balaban J connectivity index is 1.52. The summed E-state index contributed by atoms with van der Waals surface area (Å²) in [4.78, 5) is 19.9. The molecule has 4 aromatic rings. The summed E-state index contributed by atoms with van der Waals surface area (Å²) in [6, 6.07) is 13.0. The summed E-state index contributed by atoms with van der Waals surface area (Å²) in [5.74, 6) is -0.0517. The molecule has 0 saturated carbocycles. The molecule has 1 amide bonds. The Bertz CT molecular complexity index is 1180. The number of carbonyl (C=O) groups excluding carboxylic acids is 1. The van der Waals surface area contributed by atoms with Crippen LogP contribution in [-0.2, 0) is 6.42 Å². The number of benzene rings is 2. The average Bonchev–Trinajstić information content (AvgIpc) is 3.35. The summed E-state index contributed by atoms with van der Waals surface area (Å²) < 4.78 is 7.59. The van der Waals surface area contributed by atoms with Crippen molar-refractivity contribution in [3.05, 3.63) is 71.3 Å². The fourth-order valence-electron chi connectivity index (χ4n) is 3.44. The topological polar surface area (TPSA) is 107 Å². The lowest BCUT2D eigenvalue weighted by molar-refractivity contribution is 0.0994. The van der Waals surface area contributed by atoms with Crippen LogP contribution in [0.5, 0.6) is 0 Å². The maximum atomic E-state index is 11.3. The van der Waals surface area contributed by atoms with Crippen LogP contribution >= 0.6 is 11.6 Å². The van der Waals surface area contributed by atoms with Gasteiger partial charge < -0.3 is 19.8 Å². The van der Waals surface area contributed by atoms with Crippen LogP contribution in [0.15, 0.2) is 59.4 Å². The number of nitrogens with two attached hydrogens (primary N) is 1. The number of oxazole rings is 1. The standard InChI is InChI=1S/C22H21ClN4O3/c1-13(28)19(27-11-18(21(24)29)25-12-27)8-2-14-3-9-20-17(10-14)26-22(30-20)15-4-6-16(23)7-5-15/h3-7,9-13,19,28H,2,8H2,1H3,(H2,24,29). The predicted molar refractivity (Wildman–Crippen MR) is 114 cm³/mol. The third-order valence-electron chi connectivity index (χ3n) is 5.07. The van der Waals surface area contributed by atoms with Gasteiger partial charge in [0, 0.05) is 16.8 Å². The molecule has 2 heterocycles. The number of halogens is 1. The summed E-state index contributed by atoms with van der Waals surface area (Å²) >= 11 is 5.94. The van der Waals surface area contributed by atoms with E-state index in [0.717, 1.165) is 16.6 Å². The third-order valence-corrected chi connectivity index (χ3v) is 5.32. The van der Waals surface area contributed by atoms with Crippen molar-refractivity contribution < 1.29 is 14.3 Å². The lowest BCUT2D eigenvalue weighted by Crippen LogP contribution is -2.21. The van der Waals surface area contributed by atoms with Gasteiger partial charge in [-0.3, -0.25) is 4.79 Å². The predicted octanol–water partition coefficient (Wildman–Crippen LogP) is 4.00. The van der Waals surface area contributed by atoms with Gasteiger partial charge in [0.25, 0.3) is 5.91 Å². The molecule has 0 fully saturated rings. The maximum Gasteiger partial charge on any atom is 0.268 e. The molecule has 3 N–H and O–H groups in total. The lowest BCUT2D eigenvalue weighted by atomic mass is 10.0. The second kappa shape index (κ2) is 8.30. The number of hydrogen-bond acceptors (Lipinski definition) is 5. The Morgan fingerprint density at radius 1 is 1.27 bits per heavy atom. The van der Waals surface area contributed by atoms with E-state index in [0.29, 0.717) is 29.3 Å². The smallest absolute Gasteiger partial charge is 0.268 e. The van der Waals surface area contributed by atoms with Crippen LogP contribution in [-0.4, -0.2) is 31.7 Å². The van der Waals surface area contributed by atoms with Crippen LogP contribution in [0, 0.1) is 0 Å². The third kappa shape index (κ3) is 4.22. The number of imidazole rings is 1. The highest BCUT2D eigenvalue weighted by molar-refractivity contribution is 6.30. The van der Waals surface area contributed by atoms with Gasteiger partial charge in [-0.2, -0.15) is 0 Å². The number of hydrogen-bond donors (Lipinski definition) is 2. The first kappa shape index (κ1) is 20.1. The Kier molecular flexibility index (Phi) is 5.57. The Hall–Kier alpha value is -3.16. The average molecular weight is 425 g/mol. The van der Waals surface area contributed by atoms with Gasteiger partial charge in [-0.15, -0.1) is 0 Å². The molecule has 4 rings (SSSR count). The van der Waals surface area contributed by atoms with Crippen molar-refractivity contribution in [3.8, 4) is 11.5 Å². The van der Waals surface area contributed by atoms with E-state index in [9.17, 15) is 9.90 Å². The van der Waals surface area contributed by atoms with Gasteiger partial charge in [0.15, 0.2) is 5.58 Å². The summed E-state index contributed by atoms with van der Waals surface area (Å²) in [5, 5.41) is 10.9. The molecule has 0 aliphatic rings. The van der Waals surface area contributed by atoms with Gasteiger partial charge in [0.2, 0.25) is 5.89 Å². The number of nitrogens with zero attached hydrogens (tertiary/aromatic N) is 3. The minimum absolute atomic E-state index is 0.180. The first-order valence-electron chi connectivity index (χ1n) is 9.57. The Morgan fingerprint density at radius 2 is 2.03 bits per heavy atom. The molecule has 0 bridgehead atoms. The minimum Gasteiger partial charge on any atom is -0.436 e. The fraction of sp³-hybridized carbons (Fsp3) is 0.227. The van der Waals surface area contributed by atoms with Gasteiger partial charge in [0.05, 0.1) is 18.5 Å². The summed E-state index contributed by atoms with van der Waals surface area (Å²) in [6.45, 7) is 1.72.